The summed E-state index contributed by atoms with van der Waals surface area (Å²) in [7, 11) is 0. The Hall–Kier alpha value is -1.77. The van der Waals surface area contributed by atoms with Crippen LogP contribution in [0.5, 0.6) is 0 Å². The van der Waals surface area contributed by atoms with Crippen molar-refractivity contribution in [3.63, 3.8) is 0 Å². The minimum Gasteiger partial charge on any atom is -0.265 e. The van der Waals surface area contributed by atoms with Crippen molar-refractivity contribution in [3.8, 4) is 11.4 Å². The highest BCUT2D eigenvalue weighted by atomic mass is 14.9. The molecule has 16 heavy (non-hydrogen) atoms. The lowest BCUT2D eigenvalue weighted by atomic mass is 10.2. The van der Waals surface area contributed by atoms with Crippen LogP contribution in [0.25, 0.3) is 11.4 Å². The lowest BCUT2D eigenvalue weighted by Crippen LogP contribution is -1.90. The van der Waals surface area contributed by atoms with Crippen molar-refractivity contribution in [2.24, 2.45) is 0 Å². The Morgan fingerprint density at radius 3 is 2.19 bits per heavy atom. The maximum absolute atomic E-state index is 4.30. The standard InChI is InChI=1S/C10H9N3.C3H8/c1-8-2-7-12-10(13-8)9-3-5-11-6-4-9;1-3-2/h2-7H,1H3;3H2,1-2H3. The lowest BCUT2D eigenvalue weighted by Gasteiger charge is -1.98. The molecule has 0 aliphatic carbocycles. The molecule has 0 aromatic carbocycles. The van der Waals surface area contributed by atoms with Gasteiger partial charge in [-0.15, -0.1) is 0 Å². The smallest absolute Gasteiger partial charge is 0.159 e. The molecule has 0 aliphatic rings. The number of rotatable bonds is 1. The van der Waals surface area contributed by atoms with E-state index in [4.69, 9.17) is 0 Å². The van der Waals surface area contributed by atoms with Gasteiger partial charge in [0.15, 0.2) is 5.82 Å². The van der Waals surface area contributed by atoms with Crippen molar-refractivity contribution in [3.05, 3.63) is 42.5 Å². The van der Waals surface area contributed by atoms with Gasteiger partial charge in [-0.3, -0.25) is 4.98 Å². The molecule has 2 aromatic rings. The van der Waals surface area contributed by atoms with Crippen molar-refractivity contribution in [1.29, 1.82) is 0 Å². The molecule has 0 spiro atoms. The summed E-state index contributed by atoms with van der Waals surface area (Å²) in [6.45, 7) is 6.20. The second-order valence-corrected chi connectivity index (χ2v) is 3.46. The van der Waals surface area contributed by atoms with E-state index in [2.05, 4.69) is 28.8 Å². The monoisotopic (exact) mass is 215 g/mol. The zero-order valence-electron chi connectivity index (χ0n) is 10.0. The minimum atomic E-state index is 0.752. The molecule has 0 atom stereocenters. The molecule has 3 nitrogen and oxygen atoms in total. The SMILES string of the molecule is CCC.Cc1ccnc(-c2ccncc2)n1. The first-order chi connectivity index (χ1) is 7.77. The van der Waals surface area contributed by atoms with Gasteiger partial charge in [-0.2, -0.15) is 0 Å². The maximum atomic E-state index is 4.30. The Bertz CT molecular complexity index is 413. The number of hydrogen-bond donors (Lipinski definition) is 0. The van der Waals surface area contributed by atoms with Crippen LogP contribution in [0, 0.1) is 6.92 Å². The van der Waals surface area contributed by atoms with E-state index in [1.807, 2.05) is 25.1 Å². The molecule has 84 valence electrons. The molecule has 2 aromatic heterocycles. The van der Waals surface area contributed by atoms with Gasteiger partial charge in [0.05, 0.1) is 0 Å². The normalized spacial score (nSPS) is 9.19. The van der Waals surface area contributed by atoms with Gasteiger partial charge >= 0.3 is 0 Å². The molecule has 0 unspecified atom stereocenters. The third-order valence-electron chi connectivity index (χ3n) is 1.73. The van der Waals surface area contributed by atoms with Gasteiger partial charge in [0.2, 0.25) is 0 Å². The van der Waals surface area contributed by atoms with E-state index in [1.165, 1.54) is 6.42 Å². The topological polar surface area (TPSA) is 38.7 Å². The van der Waals surface area contributed by atoms with Gasteiger partial charge < -0.3 is 0 Å². The third-order valence-corrected chi connectivity index (χ3v) is 1.73. The van der Waals surface area contributed by atoms with Crippen LogP contribution in [0.1, 0.15) is 26.0 Å². The van der Waals surface area contributed by atoms with Crippen LogP contribution in [-0.4, -0.2) is 15.0 Å². The molecule has 0 saturated heterocycles. The fourth-order valence-electron chi connectivity index (χ4n) is 1.09. The van der Waals surface area contributed by atoms with E-state index < -0.39 is 0 Å². The van der Waals surface area contributed by atoms with E-state index in [0.717, 1.165) is 17.1 Å². The summed E-state index contributed by atoms with van der Waals surface area (Å²) in [6, 6.07) is 5.67. The van der Waals surface area contributed by atoms with Gasteiger partial charge in [0.25, 0.3) is 0 Å². The zero-order chi connectivity index (χ0) is 11.8. The summed E-state index contributed by atoms with van der Waals surface area (Å²) >= 11 is 0. The fraction of sp³-hybridized carbons (Fsp3) is 0.308. The van der Waals surface area contributed by atoms with E-state index in [-0.39, 0.29) is 0 Å². The average Bonchev–Trinajstić information content (AvgIpc) is 2.31. The molecule has 2 rings (SSSR count). The predicted molar refractivity (Wildman–Crippen MR) is 66.0 cm³/mol. The van der Waals surface area contributed by atoms with E-state index >= 15 is 0 Å². The summed E-state index contributed by atoms with van der Waals surface area (Å²) in [4.78, 5) is 12.4. The van der Waals surface area contributed by atoms with Gasteiger partial charge in [0.1, 0.15) is 0 Å². The summed E-state index contributed by atoms with van der Waals surface area (Å²) in [5, 5.41) is 0. The number of pyridine rings is 1. The number of aryl methyl sites for hydroxylation is 1. The summed E-state index contributed by atoms with van der Waals surface area (Å²) in [5.41, 5.74) is 1.97. The van der Waals surface area contributed by atoms with Crippen LogP contribution in [-0.2, 0) is 0 Å². The highest BCUT2D eigenvalue weighted by molar-refractivity contribution is 5.53. The molecular formula is C13H17N3. The van der Waals surface area contributed by atoms with Crippen molar-refractivity contribution in [2.45, 2.75) is 27.2 Å². The lowest BCUT2D eigenvalue weighted by molar-refractivity contribution is 1.09. The first kappa shape index (κ1) is 12.3. The highest BCUT2D eigenvalue weighted by Crippen LogP contribution is 2.11. The van der Waals surface area contributed by atoms with Crippen molar-refractivity contribution in [2.75, 3.05) is 0 Å². The molecule has 0 fully saturated rings. The molecule has 0 saturated carbocycles. The van der Waals surface area contributed by atoms with Crippen LogP contribution >= 0.6 is 0 Å². The van der Waals surface area contributed by atoms with E-state index in [0.29, 0.717) is 0 Å². The summed E-state index contributed by atoms with van der Waals surface area (Å²) < 4.78 is 0. The molecule has 2 heterocycles. The Labute approximate surface area is 96.6 Å². The average molecular weight is 215 g/mol. The Morgan fingerprint density at radius 1 is 1.00 bits per heavy atom. The summed E-state index contributed by atoms with van der Waals surface area (Å²) in [5.74, 6) is 0.752. The van der Waals surface area contributed by atoms with Crippen molar-refractivity contribution >= 4 is 0 Å². The van der Waals surface area contributed by atoms with Crippen LogP contribution in [0.15, 0.2) is 36.8 Å². The first-order valence-corrected chi connectivity index (χ1v) is 5.48. The Morgan fingerprint density at radius 2 is 1.62 bits per heavy atom. The van der Waals surface area contributed by atoms with Crippen LogP contribution in [0.4, 0.5) is 0 Å². The van der Waals surface area contributed by atoms with Crippen molar-refractivity contribution in [1.82, 2.24) is 15.0 Å². The quantitative estimate of drug-likeness (QED) is 0.732. The Kier molecular flexibility index (Phi) is 5.12. The molecule has 0 radical (unpaired) electrons. The second kappa shape index (κ2) is 6.67. The van der Waals surface area contributed by atoms with E-state index in [1.54, 1.807) is 18.6 Å². The largest absolute Gasteiger partial charge is 0.265 e. The van der Waals surface area contributed by atoms with Crippen LogP contribution in [0.2, 0.25) is 0 Å². The minimum absolute atomic E-state index is 0.752. The third kappa shape index (κ3) is 3.77. The predicted octanol–water partition coefficient (Wildman–Crippen LogP) is 3.26. The number of nitrogens with zero attached hydrogens (tertiary/aromatic N) is 3. The molecule has 0 bridgehead atoms. The van der Waals surface area contributed by atoms with Gasteiger partial charge in [0, 0.05) is 29.8 Å². The van der Waals surface area contributed by atoms with E-state index in [9.17, 15) is 0 Å². The van der Waals surface area contributed by atoms with Crippen molar-refractivity contribution < 1.29 is 0 Å². The number of aromatic nitrogens is 3. The molecular weight excluding hydrogens is 198 g/mol. The van der Waals surface area contributed by atoms with Gasteiger partial charge in [-0.25, -0.2) is 9.97 Å². The Balaban J connectivity index is 0.000000386. The molecule has 0 N–H and O–H groups in total. The molecule has 0 amide bonds. The van der Waals surface area contributed by atoms with Gasteiger partial charge in [-0.05, 0) is 25.1 Å². The second-order valence-electron chi connectivity index (χ2n) is 3.46. The summed E-state index contributed by atoms with van der Waals surface area (Å²) in [6.07, 6.45) is 6.49. The highest BCUT2D eigenvalue weighted by Gasteiger charge is 1.98. The zero-order valence-corrected chi connectivity index (χ0v) is 10.0. The fourth-order valence-corrected chi connectivity index (χ4v) is 1.09. The first-order valence-electron chi connectivity index (χ1n) is 5.48. The maximum Gasteiger partial charge on any atom is 0.159 e. The molecule has 0 aliphatic heterocycles. The van der Waals surface area contributed by atoms with Crippen LogP contribution < -0.4 is 0 Å². The molecule has 3 heteroatoms. The number of hydrogen-bond acceptors (Lipinski definition) is 3. The van der Waals surface area contributed by atoms with Crippen LogP contribution in [0.3, 0.4) is 0 Å². The van der Waals surface area contributed by atoms with Gasteiger partial charge in [-0.1, -0.05) is 20.3 Å².